The number of aliphatic imine (C=N–C) groups is 1. The molecular formula is C24H16N2O3. The fourth-order valence-corrected chi connectivity index (χ4v) is 3.90. The van der Waals surface area contributed by atoms with Crippen LogP contribution in [0.15, 0.2) is 71.7 Å². The summed E-state index contributed by atoms with van der Waals surface area (Å²) >= 11 is 0. The Morgan fingerprint density at radius 1 is 1.10 bits per heavy atom. The first-order valence-electron chi connectivity index (χ1n) is 9.16. The maximum absolute atomic E-state index is 13.3. The van der Waals surface area contributed by atoms with Gasteiger partial charge in [0.25, 0.3) is 5.91 Å². The van der Waals surface area contributed by atoms with E-state index in [9.17, 15) is 9.90 Å². The van der Waals surface area contributed by atoms with Crippen molar-refractivity contribution in [1.82, 2.24) is 0 Å². The van der Waals surface area contributed by atoms with Crippen LogP contribution in [-0.2, 0) is 5.72 Å². The molecule has 140 valence electrons. The van der Waals surface area contributed by atoms with Gasteiger partial charge in [0.1, 0.15) is 18.0 Å². The molecule has 0 saturated heterocycles. The average molecular weight is 380 g/mol. The molecule has 29 heavy (non-hydrogen) atoms. The van der Waals surface area contributed by atoms with Crippen molar-refractivity contribution in [2.45, 2.75) is 5.72 Å². The van der Waals surface area contributed by atoms with E-state index in [2.05, 4.69) is 10.9 Å². The summed E-state index contributed by atoms with van der Waals surface area (Å²) in [5.41, 5.74) is 1.51. The lowest BCUT2D eigenvalue weighted by molar-refractivity contribution is 0.0703. The maximum atomic E-state index is 13.3. The number of fused-ring (bicyclic) bond motifs is 2. The highest BCUT2D eigenvalue weighted by Crippen LogP contribution is 2.46. The highest BCUT2D eigenvalue weighted by atomic mass is 16.5. The number of carbonyl (C=O) groups is 1. The minimum absolute atomic E-state index is 0.297. The number of carbonyl (C=O) groups excluding carboxylic acids is 1. The molecular weight excluding hydrogens is 364 g/mol. The second kappa shape index (κ2) is 6.33. The van der Waals surface area contributed by atoms with Crippen molar-refractivity contribution in [2.75, 3.05) is 11.5 Å². The van der Waals surface area contributed by atoms with Gasteiger partial charge in [-0.3, -0.25) is 14.7 Å². The highest BCUT2D eigenvalue weighted by molar-refractivity contribution is 6.12. The molecule has 0 bridgehead atoms. The summed E-state index contributed by atoms with van der Waals surface area (Å²) in [5.74, 6) is 2.92. The lowest BCUT2D eigenvalue weighted by Crippen LogP contribution is -2.45. The molecule has 0 radical (unpaired) electrons. The lowest BCUT2D eigenvalue weighted by atomic mass is 9.93. The van der Waals surface area contributed by atoms with Gasteiger partial charge in [0.15, 0.2) is 5.72 Å². The second-order valence-corrected chi connectivity index (χ2v) is 6.86. The van der Waals surface area contributed by atoms with E-state index in [4.69, 9.17) is 11.2 Å². The van der Waals surface area contributed by atoms with Crippen LogP contribution in [0.4, 0.5) is 11.4 Å². The number of hydrogen-bond acceptors (Lipinski definition) is 4. The van der Waals surface area contributed by atoms with Crippen molar-refractivity contribution in [3.63, 3.8) is 0 Å². The number of ether oxygens (including phenoxy) is 1. The molecule has 2 aliphatic rings. The van der Waals surface area contributed by atoms with E-state index in [1.807, 2.05) is 0 Å². The van der Waals surface area contributed by atoms with Gasteiger partial charge in [-0.2, -0.15) is 0 Å². The van der Waals surface area contributed by atoms with E-state index in [0.29, 0.717) is 46.0 Å². The first kappa shape index (κ1) is 17.2. The number of anilines is 1. The van der Waals surface area contributed by atoms with Crippen LogP contribution >= 0.6 is 0 Å². The highest BCUT2D eigenvalue weighted by Gasteiger charge is 2.50. The van der Waals surface area contributed by atoms with Crippen LogP contribution in [0.5, 0.6) is 5.75 Å². The van der Waals surface area contributed by atoms with Gasteiger partial charge in [-0.05, 0) is 42.5 Å². The summed E-state index contributed by atoms with van der Waals surface area (Å²) in [6, 6.07) is 19.4. The topological polar surface area (TPSA) is 62.1 Å². The van der Waals surface area contributed by atoms with Crippen LogP contribution in [0.3, 0.4) is 0 Å². The van der Waals surface area contributed by atoms with Crippen molar-refractivity contribution in [1.29, 1.82) is 0 Å². The van der Waals surface area contributed by atoms with Crippen LogP contribution < -0.4 is 9.64 Å². The number of amides is 1. The SMILES string of the molecule is C#Cc1cccc(N2C(=O)c3ccccc3C2(O)c2ccc3c(c2)N=CCO3)c1. The number of nitrogens with zero attached hydrogens (tertiary/aromatic N) is 2. The number of terminal acetylenes is 1. The molecule has 1 amide bonds. The zero-order valence-corrected chi connectivity index (χ0v) is 15.4. The minimum atomic E-state index is -1.71. The molecule has 1 atom stereocenters. The first-order chi connectivity index (χ1) is 14.1. The predicted octanol–water partition coefficient (Wildman–Crippen LogP) is 3.62. The third kappa shape index (κ3) is 2.47. The molecule has 5 heteroatoms. The fourth-order valence-electron chi connectivity index (χ4n) is 3.90. The zero-order valence-electron chi connectivity index (χ0n) is 15.4. The van der Waals surface area contributed by atoms with Gasteiger partial charge in [-0.1, -0.05) is 30.2 Å². The first-order valence-corrected chi connectivity index (χ1v) is 9.16. The van der Waals surface area contributed by atoms with E-state index >= 15 is 0 Å². The number of aliphatic hydroxyl groups is 1. The summed E-state index contributed by atoms with van der Waals surface area (Å²) in [6.07, 6.45) is 7.21. The van der Waals surface area contributed by atoms with E-state index in [0.717, 1.165) is 0 Å². The fraction of sp³-hybridized carbons (Fsp3) is 0.0833. The standard InChI is InChI=1S/C24H16N2O3/c1-2-16-6-5-7-18(14-16)26-23(27)19-8-3-4-9-20(19)24(26,28)17-10-11-22-21(15-17)25-12-13-29-22/h1,3-12,14-15,28H,13H2. The van der Waals surface area contributed by atoms with Crippen molar-refractivity contribution in [2.24, 2.45) is 4.99 Å². The van der Waals surface area contributed by atoms with E-state index < -0.39 is 5.72 Å². The van der Waals surface area contributed by atoms with Gasteiger partial charge in [0, 0.05) is 34.2 Å². The summed E-state index contributed by atoms with van der Waals surface area (Å²) in [5, 5.41) is 12.0. The van der Waals surface area contributed by atoms with Gasteiger partial charge >= 0.3 is 0 Å². The molecule has 5 nitrogen and oxygen atoms in total. The van der Waals surface area contributed by atoms with E-state index in [1.165, 1.54) is 4.90 Å². The van der Waals surface area contributed by atoms with Crippen LogP contribution in [-0.4, -0.2) is 23.8 Å². The Labute approximate surface area is 167 Å². The molecule has 1 unspecified atom stereocenters. The summed E-state index contributed by atoms with van der Waals surface area (Å²) in [6.45, 7) is 0.406. The molecule has 2 aliphatic heterocycles. The van der Waals surface area contributed by atoms with Crippen molar-refractivity contribution in [3.8, 4) is 18.1 Å². The Balaban J connectivity index is 1.76. The molecule has 0 saturated carbocycles. The number of hydrogen-bond donors (Lipinski definition) is 1. The maximum Gasteiger partial charge on any atom is 0.261 e. The van der Waals surface area contributed by atoms with Gasteiger partial charge in [-0.15, -0.1) is 6.42 Å². The smallest absolute Gasteiger partial charge is 0.261 e. The Bertz CT molecular complexity index is 1220. The zero-order chi connectivity index (χ0) is 20.0. The van der Waals surface area contributed by atoms with Crippen molar-refractivity contribution in [3.05, 3.63) is 89.0 Å². The quantitative estimate of drug-likeness (QED) is 0.691. The molecule has 0 spiro atoms. The van der Waals surface area contributed by atoms with Crippen LogP contribution in [0.25, 0.3) is 0 Å². The number of rotatable bonds is 2. The second-order valence-electron chi connectivity index (χ2n) is 6.86. The van der Waals surface area contributed by atoms with Crippen LogP contribution in [0.1, 0.15) is 27.0 Å². The average Bonchev–Trinajstić information content (AvgIpc) is 3.01. The molecule has 2 heterocycles. The molecule has 3 aromatic rings. The molecule has 1 N–H and O–H groups in total. The summed E-state index contributed by atoms with van der Waals surface area (Å²) in [4.78, 5) is 19.1. The third-order valence-corrected chi connectivity index (χ3v) is 5.24. The van der Waals surface area contributed by atoms with E-state index in [-0.39, 0.29) is 5.91 Å². The summed E-state index contributed by atoms with van der Waals surface area (Å²) in [7, 11) is 0. The molecule has 3 aromatic carbocycles. The largest absolute Gasteiger partial charge is 0.486 e. The van der Waals surface area contributed by atoms with Gasteiger partial charge in [-0.25, -0.2) is 0 Å². The molecule has 0 aromatic heterocycles. The Morgan fingerprint density at radius 2 is 1.97 bits per heavy atom. The molecule has 0 aliphatic carbocycles. The van der Waals surface area contributed by atoms with Crippen molar-refractivity contribution >= 4 is 23.5 Å². The molecule has 5 rings (SSSR count). The van der Waals surface area contributed by atoms with Gasteiger partial charge in [0.05, 0.1) is 0 Å². The lowest BCUT2D eigenvalue weighted by Gasteiger charge is -2.35. The normalized spacial score (nSPS) is 19.3. The number of benzene rings is 3. The Morgan fingerprint density at radius 3 is 2.83 bits per heavy atom. The monoisotopic (exact) mass is 380 g/mol. The van der Waals surface area contributed by atoms with E-state index in [1.54, 1.807) is 72.9 Å². The van der Waals surface area contributed by atoms with Crippen LogP contribution in [0.2, 0.25) is 0 Å². The predicted molar refractivity (Wildman–Crippen MR) is 111 cm³/mol. The minimum Gasteiger partial charge on any atom is -0.486 e. The molecule has 0 fully saturated rings. The van der Waals surface area contributed by atoms with Gasteiger partial charge in [0.2, 0.25) is 0 Å². The Kier molecular flexibility index (Phi) is 3.76. The van der Waals surface area contributed by atoms with Crippen LogP contribution in [0, 0.1) is 12.3 Å². The Hall–Kier alpha value is -3.88. The third-order valence-electron chi connectivity index (χ3n) is 5.24. The van der Waals surface area contributed by atoms with Crippen molar-refractivity contribution < 1.29 is 14.6 Å². The van der Waals surface area contributed by atoms with Gasteiger partial charge < -0.3 is 9.84 Å². The summed E-state index contributed by atoms with van der Waals surface area (Å²) < 4.78 is 5.57.